The first-order chi connectivity index (χ1) is 6.58. The van der Waals surface area contributed by atoms with E-state index in [1.165, 1.54) is 7.11 Å². The highest BCUT2D eigenvalue weighted by atomic mass is 16.8. The summed E-state index contributed by atoms with van der Waals surface area (Å²) in [6.07, 6.45) is 3.98. The van der Waals surface area contributed by atoms with E-state index in [0.29, 0.717) is 0 Å². The van der Waals surface area contributed by atoms with Crippen molar-refractivity contribution in [2.45, 2.75) is 38.6 Å². The molecule has 4 heteroatoms. The van der Waals surface area contributed by atoms with E-state index in [0.717, 1.165) is 25.3 Å². The van der Waals surface area contributed by atoms with Crippen LogP contribution >= 0.6 is 0 Å². The Bertz CT molecular complexity index is 191. The van der Waals surface area contributed by atoms with Gasteiger partial charge in [-0.25, -0.2) is 4.79 Å². The van der Waals surface area contributed by atoms with Crippen LogP contribution in [0, 0.1) is 0 Å². The molecule has 0 aromatic rings. The van der Waals surface area contributed by atoms with Gasteiger partial charge in [0.1, 0.15) is 0 Å². The summed E-state index contributed by atoms with van der Waals surface area (Å²) in [4.78, 5) is 10.8. The van der Waals surface area contributed by atoms with Gasteiger partial charge >= 0.3 is 11.9 Å². The maximum atomic E-state index is 10.8. The van der Waals surface area contributed by atoms with Gasteiger partial charge in [0.15, 0.2) is 0 Å². The monoisotopic (exact) mass is 202 g/mol. The van der Waals surface area contributed by atoms with Crippen molar-refractivity contribution in [2.75, 3.05) is 7.11 Å². The van der Waals surface area contributed by atoms with Crippen molar-refractivity contribution in [1.29, 1.82) is 0 Å². The third-order valence-corrected chi connectivity index (χ3v) is 1.84. The molecule has 14 heavy (non-hydrogen) atoms. The van der Waals surface area contributed by atoms with Crippen LogP contribution in [0.5, 0.6) is 0 Å². The van der Waals surface area contributed by atoms with Gasteiger partial charge < -0.3 is 14.6 Å². The third kappa shape index (κ3) is 4.99. The minimum Gasteiger partial charge on any atom is -0.405 e. The van der Waals surface area contributed by atoms with Crippen LogP contribution in [0.15, 0.2) is 12.7 Å². The fourth-order valence-corrected chi connectivity index (χ4v) is 0.992. The average Bonchev–Trinajstić information content (AvgIpc) is 2.18. The molecule has 0 radical (unpaired) electrons. The zero-order chi connectivity index (χ0) is 11.0. The fraction of sp³-hybridized carbons (Fsp3) is 0.700. The van der Waals surface area contributed by atoms with E-state index in [1.54, 1.807) is 0 Å². The van der Waals surface area contributed by atoms with Gasteiger partial charge in [-0.15, -0.1) is 0 Å². The quantitative estimate of drug-likeness (QED) is 0.295. The summed E-state index contributed by atoms with van der Waals surface area (Å²) in [5.74, 6) is -2.49. The predicted octanol–water partition coefficient (Wildman–Crippen LogP) is 1.59. The summed E-state index contributed by atoms with van der Waals surface area (Å²) in [5, 5.41) is 9.64. The number of ether oxygens (including phenoxy) is 2. The number of rotatable bonds is 7. The standard InChI is InChI=1S/C10H18O4/c1-4-6-7-8-10(12,13-3)14-9(11)5-2/h5,12H,2,4,6-8H2,1,3H3. The summed E-state index contributed by atoms with van der Waals surface area (Å²) in [5.41, 5.74) is 0. The highest BCUT2D eigenvalue weighted by Crippen LogP contribution is 2.17. The molecule has 0 saturated heterocycles. The summed E-state index contributed by atoms with van der Waals surface area (Å²) >= 11 is 0. The summed E-state index contributed by atoms with van der Waals surface area (Å²) < 4.78 is 9.38. The van der Waals surface area contributed by atoms with Crippen LogP contribution in [0.1, 0.15) is 32.6 Å². The number of hydrogen-bond donors (Lipinski definition) is 1. The number of methoxy groups -OCH3 is 1. The molecule has 1 atom stereocenters. The van der Waals surface area contributed by atoms with Gasteiger partial charge in [-0.05, 0) is 6.42 Å². The van der Waals surface area contributed by atoms with Gasteiger partial charge in [0.2, 0.25) is 0 Å². The SMILES string of the molecule is C=CC(=O)OC(O)(CCCCC)OC. The first-order valence-electron chi connectivity index (χ1n) is 4.71. The third-order valence-electron chi connectivity index (χ3n) is 1.84. The molecule has 0 aromatic carbocycles. The Morgan fingerprint density at radius 2 is 2.21 bits per heavy atom. The Balaban J connectivity index is 4.03. The molecule has 0 bridgehead atoms. The number of carbonyl (C=O) groups is 1. The zero-order valence-electron chi connectivity index (χ0n) is 8.78. The predicted molar refractivity (Wildman–Crippen MR) is 52.4 cm³/mol. The van der Waals surface area contributed by atoms with E-state index in [2.05, 4.69) is 11.3 Å². The molecule has 1 unspecified atom stereocenters. The van der Waals surface area contributed by atoms with E-state index in [-0.39, 0.29) is 6.42 Å². The highest BCUT2D eigenvalue weighted by Gasteiger charge is 2.29. The lowest BCUT2D eigenvalue weighted by atomic mass is 10.2. The lowest BCUT2D eigenvalue weighted by molar-refractivity contribution is -0.333. The van der Waals surface area contributed by atoms with Gasteiger partial charge in [0.25, 0.3) is 0 Å². The first-order valence-corrected chi connectivity index (χ1v) is 4.71. The molecule has 82 valence electrons. The second-order valence-corrected chi connectivity index (χ2v) is 3.00. The minimum atomic E-state index is -1.81. The molecule has 0 rings (SSSR count). The molecule has 0 saturated carbocycles. The molecule has 0 amide bonds. The van der Waals surface area contributed by atoms with Crippen molar-refractivity contribution >= 4 is 5.97 Å². The molecular weight excluding hydrogens is 184 g/mol. The Morgan fingerprint density at radius 3 is 2.64 bits per heavy atom. The van der Waals surface area contributed by atoms with Crippen molar-refractivity contribution in [3.05, 3.63) is 12.7 Å². The van der Waals surface area contributed by atoms with Gasteiger partial charge in [-0.3, -0.25) is 0 Å². The van der Waals surface area contributed by atoms with Gasteiger partial charge in [-0.2, -0.15) is 0 Å². The van der Waals surface area contributed by atoms with Gasteiger partial charge in [0, 0.05) is 19.6 Å². The van der Waals surface area contributed by atoms with Crippen molar-refractivity contribution in [3.63, 3.8) is 0 Å². The molecule has 4 nitrogen and oxygen atoms in total. The number of unbranched alkanes of at least 4 members (excludes halogenated alkanes) is 2. The van der Waals surface area contributed by atoms with Crippen LogP contribution in [0.25, 0.3) is 0 Å². The second-order valence-electron chi connectivity index (χ2n) is 3.00. The lowest BCUT2D eigenvalue weighted by Crippen LogP contribution is -2.36. The maximum Gasteiger partial charge on any atom is 0.334 e. The normalized spacial score (nSPS) is 14.5. The summed E-state index contributed by atoms with van der Waals surface area (Å²) in [6, 6.07) is 0. The fourth-order valence-electron chi connectivity index (χ4n) is 0.992. The van der Waals surface area contributed by atoms with Gasteiger partial charge in [-0.1, -0.05) is 26.3 Å². The largest absolute Gasteiger partial charge is 0.405 e. The van der Waals surface area contributed by atoms with Crippen LogP contribution in [0.4, 0.5) is 0 Å². The Labute approximate surface area is 84.5 Å². The molecule has 1 N–H and O–H groups in total. The lowest BCUT2D eigenvalue weighted by Gasteiger charge is -2.24. The number of carbonyl (C=O) groups excluding carboxylic acids is 1. The van der Waals surface area contributed by atoms with Crippen molar-refractivity contribution in [2.24, 2.45) is 0 Å². The summed E-state index contributed by atoms with van der Waals surface area (Å²) in [6.45, 7) is 5.28. The first kappa shape index (κ1) is 13.1. The van der Waals surface area contributed by atoms with E-state index < -0.39 is 11.9 Å². The average molecular weight is 202 g/mol. The molecule has 0 aromatic heterocycles. The Hall–Kier alpha value is -0.870. The number of hydrogen-bond acceptors (Lipinski definition) is 4. The minimum absolute atomic E-state index is 0.275. The molecular formula is C10H18O4. The number of esters is 1. The van der Waals surface area contributed by atoms with E-state index >= 15 is 0 Å². The molecule has 0 spiro atoms. The van der Waals surface area contributed by atoms with E-state index in [9.17, 15) is 9.90 Å². The second kappa shape index (κ2) is 6.56. The van der Waals surface area contributed by atoms with Crippen molar-refractivity contribution < 1.29 is 19.4 Å². The van der Waals surface area contributed by atoms with Crippen LogP contribution in [0.3, 0.4) is 0 Å². The van der Waals surface area contributed by atoms with Crippen LogP contribution < -0.4 is 0 Å². The van der Waals surface area contributed by atoms with Gasteiger partial charge in [0.05, 0.1) is 0 Å². The Morgan fingerprint density at radius 1 is 1.57 bits per heavy atom. The summed E-state index contributed by atoms with van der Waals surface area (Å²) in [7, 11) is 1.29. The molecule has 0 aliphatic rings. The number of aliphatic hydroxyl groups is 1. The molecule has 0 aliphatic carbocycles. The Kier molecular flexibility index (Phi) is 6.16. The maximum absolute atomic E-state index is 10.8. The van der Waals surface area contributed by atoms with E-state index in [1.807, 2.05) is 6.92 Å². The van der Waals surface area contributed by atoms with Crippen LogP contribution in [-0.4, -0.2) is 24.2 Å². The van der Waals surface area contributed by atoms with Crippen molar-refractivity contribution in [3.8, 4) is 0 Å². The van der Waals surface area contributed by atoms with Crippen molar-refractivity contribution in [1.82, 2.24) is 0 Å². The topological polar surface area (TPSA) is 55.8 Å². The van der Waals surface area contributed by atoms with E-state index in [4.69, 9.17) is 4.74 Å². The van der Waals surface area contributed by atoms with Crippen LogP contribution in [-0.2, 0) is 14.3 Å². The highest BCUT2D eigenvalue weighted by molar-refractivity contribution is 5.81. The molecule has 0 heterocycles. The molecule has 0 fully saturated rings. The smallest absolute Gasteiger partial charge is 0.334 e. The molecule has 0 aliphatic heterocycles. The van der Waals surface area contributed by atoms with Crippen LogP contribution in [0.2, 0.25) is 0 Å². The zero-order valence-corrected chi connectivity index (χ0v) is 8.78.